The smallest absolute Gasteiger partial charge is 0.249 e. The lowest BCUT2D eigenvalue weighted by Crippen LogP contribution is -2.13. The molecule has 0 radical (unpaired) electrons. The summed E-state index contributed by atoms with van der Waals surface area (Å²) in [5.41, 5.74) is 11.7. The Kier molecular flexibility index (Phi) is 3.54. The minimum Gasteiger partial charge on any atom is -0.468 e. The van der Waals surface area contributed by atoms with Gasteiger partial charge < -0.3 is 15.9 Å². The van der Waals surface area contributed by atoms with Crippen molar-refractivity contribution in [2.45, 2.75) is 16.7 Å². The van der Waals surface area contributed by atoms with E-state index in [9.17, 15) is 4.79 Å². The maximum absolute atomic E-state index is 11.4. The van der Waals surface area contributed by atoms with Crippen LogP contribution in [0.25, 0.3) is 0 Å². The fourth-order valence-corrected chi connectivity index (χ4v) is 2.80. The average Bonchev–Trinajstić information content (AvgIpc) is 2.67. The standard InChI is InChI=1S/C12H11ClN2O2S/c1-6-10(2-3-17-6)18-11-8(12(15)16)4-7(14)5-9(11)13/h2-5H,14H2,1H3,(H2,15,16). The summed E-state index contributed by atoms with van der Waals surface area (Å²) in [6.07, 6.45) is 1.58. The minimum atomic E-state index is -0.562. The van der Waals surface area contributed by atoms with Gasteiger partial charge in [-0.1, -0.05) is 23.4 Å². The van der Waals surface area contributed by atoms with E-state index in [1.54, 1.807) is 18.4 Å². The highest BCUT2D eigenvalue weighted by Gasteiger charge is 2.16. The lowest BCUT2D eigenvalue weighted by molar-refractivity contribution is 0.0997. The Balaban J connectivity index is 2.50. The summed E-state index contributed by atoms with van der Waals surface area (Å²) in [5, 5.41) is 0.398. The molecule has 18 heavy (non-hydrogen) atoms. The average molecular weight is 283 g/mol. The zero-order valence-electron chi connectivity index (χ0n) is 9.57. The molecule has 0 aliphatic carbocycles. The van der Waals surface area contributed by atoms with Gasteiger partial charge in [-0.15, -0.1) is 0 Å². The predicted octanol–water partition coefficient (Wildman–Crippen LogP) is 3.07. The number of hydrogen-bond donors (Lipinski definition) is 2. The van der Waals surface area contributed by atoms with Gasteiger partial charge in [0.2, 0.25) is 5.91 Å². The van der Waals surface area contributed by atoms with Crippen LogP contribution in [0.4, 0.5) is 5.69 Å². The highest BCUT2D eigenvalue weighted by molar-refractivity contribution is 7.99. The second-order valence-electron chi connectivity index (χ2n) is 3.69. The van der Waals surface area contributed by atoms with Crippen LogP contribution >= 0.6 is 23.4 Å². The number of halogens is 1. The van der Waals surface area contributed by atoms with Crippen LogP contribution in [0, 0.1) is 6.92 Å². The van der Waals surface area contributed by atoms with Crippen LogP contribution in [0.2, 0.25) is 5.02 Å². The zero-order valence-corrected chi connectivity index (χ0v) is 11.1. The summed E-state index contributed by atoms with van der Waals surface area (Å²) in [6, 6.07) is 4.91. The quantitative estimate of drug-likeness (QED) is 0.848. The number of primary amides is 1. The fraction of sp³-hybridized carbons (Fsp3) is 0.0833. The molecule has 0 saturated heterocycles. The van der Waals surface area contributed by atoms with Gasteiger partial charge in [-0.3, -0.25) is 4.79 Å². The van der Waals surface area contributed by atoms with Crippen molar-refractivity contribution >= 4 is 35.0 Å². The number of carbonyl (C=O) groups is 1. The van der Waals surface area contributed by atoms with Gasteiger partial charge in [0.05, 0.1) is 21.7 Å². The third kappa shape index (κ3) is 2.47. The predicted molar refractivity (Wildman–Crippen MR) is 72.0 cm³/mol. The SMILES string of the molecule is Cc1occc1Sc1c(Cl)cc(N)cc1C(N)=O. The minimum absolute atomic E-state index is 0.311. The van der Waals surface area contributed by atoms with Gasteiger partial charge in [0, 0.05) is 10.6 Å². The van der Waals surface area contributed by atoms with Crippen LogP contribution in [-0.2, 0) is 0 Å². The van der Waals surface area contributed by atoms with E-state index in [1.165, 1.54) is 17.8 Å². The molecule has 94 valence electrons. The van der Waals surface area contributed by atoms with E-state index in [-0.39, 0.29) is 0 Å². The van der Waals surface area contributed by atoms with Crippen molar-refractivity contribution in [1.29, 1.82) is 0 Å². The van der Waals surface area contributed by atoms with E-state index >= 15 is 0 Å². The molecule has 0 spiro atoms. The second-order valence-corrected chi connectivity index (χ2v) is 5.15. The third-order valence-corrected chi connectivity index (χ3v) is 4.05. The highest BCUT2D eigenvalue weighted by Crippen LogP contribution is 2.38. The molecule has 4 N–H and O–H groups in total. The van der Waals surface area contributed by atoms with Crippen LogP contribution in [-0.4, -0.2) is 5.91 Å². The largest absolute Gasteiger partial charge is 0.468 e. The second kappa shape index (κ2) is 4.96. The molecule has 0 aliphatic rings. The number of furan rings is 1. The molecule has 2 rings (SSSR count). The van der Waals surface area contributed by atoms with E-state index in [1.807, 2.05) is 6.92 Å². The molecule has 0 fully saturated rings. The van der Waals surface area contributed by atoms with Crippen LogP contribution in [0.3, 0.4) is 0 Å². The Morgan fingerprint density at radius 1 is 1.44 bits per heavy atom. The molecule has 1 aromatic heterocycles. The first-order valence-corrected chi connectivity index (χ1v) is 6.29. The van der Waals surface area contributed by atoms with Crippen LogP contribution in [0.1, 0.15) is 16.1 Å². The van der Waals surface area contributed by atoms with Crippen molar-refractivity contribution in [1.82, 2.24) is 0 Å². The number of rotatable bonds is 3. The van der Waals surface area contributed by atoms with Gasteiger partial charge in [-0.25, -0.2) is 0 Å². The molecule has 1 heterocycles. The highest BCUT2D eigenvalue weighted by atomic mass is 35.5. The van der Waals surface area contributed by atoms with E-state index in [2.05, 4.69) is 0 Å². The summed E-state index contributed by atoms with van der Waals surface area (Å²) in [7, 11) is 0. The molecule has 1 amide bonds. The van der Waals surface area contributed by atoms with Gasteiger partial charge in [0.25, 0.3) is 0 Å². The summed E-state index contributed by atoms with van der Waals surface area (Å²) in [6.45, 7) is 1.83. The molecular weight excluding hydrogens is 272 g/mol. The van der Waals surface area contributed by atoms with Gasteiger partial charge in [0.15, 0.2) is 0 Å². The first-order valence-electron chi connectivity index (χ1n) is 5.10. The Morgan fingerprint density at radius 3 is 2.72 bits per heavy atom. The Labute approximate surface area is 113 Å². The number of aryl methyl sites for hydroxylation is 1. The van der Waals surface area contributed by atoms with Crippen molar-refractivity contribution in [2.75, 3.05) is 5.73 Å². The monoisotopic (exact) mass is 282 g/mol. The van der Waals surface area contributed by atoms with Crippen molar-refractivity contribution in [3.8, 4) is 0 Å². The number of amides is 1. The molecule has 0 atom stereocenters. The summed E-state index contributed by atoms with van der Waals surface area (Å²) < 4.78 is 5.20. The van der Waals surface area contributed by atoms with Gasteiger partial charge in [0.1, 0.15) is 5.76 Å². The van der Waals surface area contributed by atoms with Crippen LogP contribution in [0.5, 0.6) is 0 Å². The molecule has 0 aliphatic heterocycles. The normalized spacial score (nSPS) is 10.6. The van der Waals surface area contributed by atoms with Crippen molar-refractivity contribution in [2.24, 2.45) is 5.73 Å². The van der Waals surface area contributed by atoms with Gasteiger partial charge in [-0.05, 0) is 25.1 Å². The maximum Gasteiger partial charge on any atom is 0.249 e. The first kappa shape index (κ1) is 12.9. The summed E-state index contributed by atoms with van der Waals surface area (Å²) in [4.78, 5) is 12.9. The Bertz CT molecular complexity index is 610. The summed E-state index contributed by atoms with van der Waals surface area (Å²) >= 11 is 7.44. The van der Waals surface area contributed by atoms with Crippen LogP contribution in [0.15, 0.2) is 38.7 Å². The van der Waals surface area contributed by atoms with Crippen LogP contribution < -0.4 is 11.5 Å². The fourth-order valence-electron chi connectivity index (χ4n) is 1.49. The van der Waals surface area contributed by atoms with Crippen molar-refractivity contribution in [3.63, 3.8) is 0 Å². The number of carbonyl (C=O) groups excluding carboxylic acids is 1. The third-order valence-electron chi connectivity index (χ3n) is 2.35. The van der Waals surface area contributed by atoms with Gasteiger partial charge >= 0.3 is 0 Å². The molecule has 0 unspecified atom stereocenters. The molecule has 6 heteroatoms. The number of nitrogens with two attached hydrogens (primary N) is 2. The first-order chi connectivity index (χ1) is 8.49. The molecule has 0 bridgehead atoms. The lowest BCUT2D eigenvalue weighted by atomic mass is 10.2. The maximum atomic E-state index is 11.4. The molecule has 1 aromatic carbocycles. The van der Waals surface area contributed by atoms with Crippen molar-refractivity contribution in [3.05, 3.63) is 40.8 Å². The Hall–Kier alpha value is -1.59. The zero-order chi connectivity index (χ0) is 13.3. The molecule has 4 nitrogen and oxygen atoms in total. The number of anilines is 1. The van der Waals surface area contributed by atoms with E-state index < -0.39 is 5.91 Å². The summed E-state index contributed by atoms with van der Waals surface area (Å²) in [5.74, 6) is 0.191. The number of hydrogen-bond acceptors (Lipinski definition) is 4. The molecule has 2 aromatic rings. The van der Waals surface area contributed by atoms with Gasteiger partial charge in [-0.2, -0.15) is 0 Å². The number of benzene rings is 1. The molecular formula is C12H11ClN2O2S. The Morgan fingerprint density at radius 2 is 2.17 bits per heavy atom. The lowest BCUT2D eigenvalue weighted by Gasteiger charge is -2.09. The topological polar surface area (TPSA) is 82.2 Å². The molecule has 0 saturated carbocycles. The number of nitrogen functional groups attached to an aromatic ring is 1. The van der Waals surface area contributed by atoms with E-state index in [0.717, 1.165) is 10.7 Å². The van der Waals surface area contributed by atoms with E-state index in [0.29, 0.717) is 21.2 Å². The van der Waals surface area contributed by atoms with Crippen molar-refractivity contribution < 1.29 is 9.21 Å². The van der Waals surface area contributed by atoms with E-state index in [4.69, 9.17) is 27.5 Å².